The Balaban J connectivity index is 1.47. The third kappa shape index (κ3) is 4.72. The van der Waals surface area contributed by atoms with E-state index in [2.05, 4.69) is 4.90 Å². The van der Waals surface area contributed by atoms with Crippen molar-refractivity contribution in [3.8, 4) is 5.75 Å². The number of ether oxygens (including phenoxy) is 2. The van der Waals surface area contributed by atoms with Crippen LogP contribution < -0.4 is 9.64 Å². The van der Waals surface area contributed by atoms with Gasteiger partial charge in [0.25, 0.3) is 5.91 Å². The molecule has 1 amide bonds. The van der Waals surface area contributed by atoms with Gasteiger partial charge in [0.05, 0.1) is 20.3 Å². The molecule has 1 aromatic carbocycles. The largest absolute Gasteiger partial charge is 0.497 e. The van der Waals surface area contributed by atoms with Gasteiger partial charge in [-0.2, -0.15) is 4.31 Å². The topological polar surface area (TPSA) is 79.4 Å². The predicted molar refractivity (Wildman–Crippen MR) is 120 cm³/mol. The number of thiophene rings is 1. The summed E-state index contributed by atoms with van der Waals surface area (Å²) in [4.78, 5) is 17.7. The van der Waals surface area contributed by atoms with Crippen LogP contribution in [-0.2, 0) is 14.8 Å². The number of rotatable bonds is 5. The van der Waals surface area contributed by atoms with Crippen LogP contribution in [-0.4, -0.2) is 83.1 Å². The van der Waals surface area contributed by atoms with E-state index in [0.717, 1.165) is 24.4 Å². The van der Waals surface area contributed by atoms with E-state index in [1.165, 1.54) is 15.6 Å². The number of morpholine rings is 1. The van der Waals surface area contributed by atoms with Crippen LogP contribution in [0.2, 0.25) is 0 Å². The van der Waals surface area contributed by atoms with Gasteiger partial charge < -0.3 is 19.3 Å². The van der Waals surface area contributed by atoms with Gasteiger partial charge in [-0.25, -0.2) is 8.42 Å². The summed E-state index contributed by atoms with van der Waals surface area (Å²) < 4.78 is 38.1. The summed E-state index contributed by atoms with van der Waals surface area (Å²) in [5.74, 6) is 0.598. The van der Waals surface area contributed by atoms with Crippen molar-refractivity contribution >= 4 is 33.0 Å². The highest BCUT2D eigenvalue weighted by molar-refractivity contribution is 7.89. The normalized spacial score (nSPS) is 18.6. The average molecular weight is 466 g/mol. The number of methoxy groups -OCH3 is 1. The van der Waals surface area contributed by atoms with Crippen molar-refractivity contribution in [1.82, 2.24) is 9.21 Å². The van der Waals surface area contributed by atoms with Gasteiger partial charge in [-0.3, -0.25) is 4.79 Å². The molecule has 0 atom stereocenters. The molecular weight excluding hydrogens is 438 g/mol. The minimum Gasteiger partial charge on any atom is -0.497 e. The molecule has 0 unspecified atom stereocenters. The molecule has 2 aliphatic heterocycles. The summed E-state index contributed by atoms with van der Waals surface area (Å²) in [5.41, 5.74) is 1.09. The number of benzene rings is 1. The molecule has 8 nitrogen and oxygen atoms in total. The highest BCUT2D eigenvalue weighted by Gasteiger charge is 2.33. The van der Waals surface area contributed by atoms with Gasteiger partial charge in [-0.15, -0.1) is 11.3 Å². The van der Waals surface area contributed by atoms with E-state index in [9.17, 15) is 13.2 Å². The average Bonchev–Trinajstić information content (AvgIpc) is 3.18. The van der Waals surface area contributed by atoms with Crippen LogP contribution in [0.3, 0.4) is 0 Å². The quantitative estimate of drug-likeness (QED) is 0.673. The van der Waals surface area contributed by atoms with Crippen LogP contribution in [0.5, 0.6) is 5.75 Å². The van der Waals surface area contributed by atoms with Crippen LogP contribution in [0, 0.1) is 0 Å². The Morgan fingerprint density at radius 2 is 1.74 bits per heavy atom. The third-order valence-electron chi connectivity index (χ3n) is 5.63. The molecule has 2 aliphatic rings. The Labute approximate surface area is 187 Å². The second-order valence-corrected chi connectivity index (χ2v) is 10.3. The van der Waals surface area contributed by atoms with E-state index >= 15 is 0 Å². The summed E-state index contributed by atoms with van der Waals surface area (Å²) >= 11 is 1.19. The first-order chi connectivity index (χ1) is 15.0. The van der Waals surface area contributed by atoms with Crippen molar-refractivity contribution < 1.29 is 22.7 Å². The number of carbonyl (C=O) groups excluding carboxylic acids is 1. The van der Waals surface area contributed by atoms with Crippen LogP contribution in [0.25, 0.3) is 0 Å². The van der Waals surface area contributed by atoms with Crippen molar-refractivity contribution in [3.05, 3.63) is 40.6 Å². The van der Waals surface area contributed by atoms with Crippen molar-refractivity contribution in [2.75, 3.05) is 64.5 Å². The Kier molecular flexibility index (Phi) is 6.80. The van der Waals surface area contributed by atoms with Gasteiger partial charge in [0, 0.05) is 45.0 Å². The molecule has 2 aromatic rings. The molecule has 3 heterocycles. The number of hydrogen-bond acceptors (Lipinski definition) is 7. The van der Waals surface area contributed by atoms with Crippen LogP contribution in [0.1, 0.15) is 16.1 Å². The molecule has 31 heavy (non-hydrogen) atoms. The predicted octanol–water partition coefficient (Wildman–Crippen LogP) is 2.13. The summed E-state index contributed by atoms with van der Waals surface area (Å²) in [6.45, 7) is 4.04. The second-order valence-electron chi connectivity index (χ2n) is 7.46. The molecule has 1 aromatic heterocycles. The Bertz CT molecular complexity index is 1000. The fourth-order valence-electron chi connectivity index (χ4n) is 3.90. The lowest BCUT2D eigenvalue weighted by Crippen LogP contribution is -2.41. The molecule has 2 fully saturated rings. The number of sulfonamides is 1. The maximum atomic E-state index is 13.3. The molecule has 10 heteroatoms. The van der Waals surface area contributed by atoms with Gasteiger partial charge >= 0.3 is 0 Å². The number of amides is 1. The summed E-state index contributed by atoms with van der Waals surface area (Å²) in [6.07, 6.45) is 0.814. The summed E-state index contributed by atoms with van der Waals surface area (Å²) in [6, 6.07) is 9.44. The van der Waals surface area contributed by atoms with E-state index in [0.29, 0.717) is 50.8 Å². The number of carbonyl (C=O) groups is 1. The van der Waals surface area contributed by atoms with Crippen LogP contribution >= 0.6 is 11.3 Å². The monoisotopic (exact) mass is 465 g/mol. The lowest BCUT2D eigenvalue weighted by Gasteiger charge is -2.27. The Morgan fingerprint density at radius 1 is 1.00 bits per heavy atom. The van der Waals surface area contributed by atoms with Gasteiger partial charge in [-0.1, -0.05) is 0 Å². The second kappa shape index (κ2) is 9.56. The van der Waals surface area contributed by atoms with E-state index in [-0.39, 0.29) is 10.8 Å². The SMILES string of the molecule is COc1ccc(N2CCCN(C(=O)c3sccc3S(=O)(=O)N3CCOCC3)CC2)cc1. The maximum absolute atomic E-state index is 13.3. The highest BCUT2D eigenvalue weighted by Crippen LogP contribution is 2.28. The maximum Gasteiger partial charge on any atom is 0.265 e. The zero-order valence-electron chi connectivity index (χ0n) is 17.5. The van der Waals surface area contributed by atoms with E-state index in [1.807, 2.05) is 24.3 Å². The van der Waals surface area contributed by atoms with Gasteiger partial charge in [-0.05, 0) is 42.1 Å². The number of hydrogen-bond donors (Lipinski definition) is 0. The minimum atomic E-state index is -3.71. The highest BCUT2D eigenvalue weighted by atomic mass is 32.2. The lowest BCUT2D eigenvalue weighted by atomic mass is 10.2. The van der Waals surface area contributed by atoms with Crippen LogP contribution in [0.4, 0.5) is 5.69 Å². The first-order valence-electron chi connectivity index (χ1n) is 10.3. The van der Waals surface area contributed by atoms with Crippen LogP contribution in [0.15, 0.2) is 40.6 Å². The van der Waals surface area contributed by atoms with Gasteiger partial charge in [0.2, 0.25) is 10.0 Å². The zero-order valence-corrected chi connectivity index (χ0v) is 19.2. The van der Waals surface area contributed by atoms with Gasteiger partial charge in [0.15, 0.2) is 0 Å². The fourth-order valence-corrected chi connectivity index (χ4v) is 6.67. The molecule has 4 rings (SSSR count). The summed E-state index contributed by atoms with van der Waals surface area (Å²) in [7, 11) is -2.07. The molecule has 168 valence electrons. The zero-order chi connectivity index (χ0) is 21.8. The Hall–Kier alpha value is -2.14. The molecular formula is C21H27N3O5S2. The molecule has 0 spiro atoms. The van der Waals surface area contributed by atoms with E-state index in [1.54, 1.807) is 23.5 Å². The minimum absolute atomic E-state index is 0.112. The van der Waals surface area contributed by atoms with Gasteiger partial charge in [0.1, 0.15) is 15.5 Å². The smallest absolute Gasteiger partial charge is 0.265 e. The molecule has 0 aliphatic carbocycles. The Morgan fingerprint density at radius 3 is 2.45 bits per heavy atom. The molecule has 0 radical (unpaired) electrons. The fraction of sp³-hybridized carbons (Fsp3) is 0.476. The molecule has 2 saturated heterocycles. The molecule has 0 bridgehead atoms. The molecule has 0 saturated carbocycles. The third-order valence-corrected chi connectivity index (χ3v) is 8.60. The first kappa shape index (κ1) is 22.1. The first-order valence-corrected chi connectivity index (χ1v) is 12.7. The standard InChI is InChI=1S/C21H27N3O5S2/c1-28-18-5-3-17(4-6-18)22-8-2-9-23(11-10-22)21(25)20-19(7-16-30-20)31(26,27)24-12-14-29-15-13-24/h3-7,16H,2,8-15H2,1H3. The van der Waals surface area contributed by atoms with E-state index in [4.69, 9.17) is 9.47 Å². The van der Waals surface area contributed by atoms with E-state index < -0.39 is 10.0 Å². The van der Waals surface area contributed by atoms with Crippen molar-refractivity contribution in [2.45, 2.75) is 11.3 Å². The molecule has 0 N–H and O–H groups in total. The van der Waals surface area contributed by atoms with Crippen molar-refractivity contribution in [2.24, 2.45) is 0 Å². The summed E-state index contributed by atoms with van der Waals surface area (Å²) in [5, 5.41) is 1.68. The lowest BCUT2D eigenvalue weighted by molar-refractivity contribution is 0.0727. The number of nitrogens with zero attached hydrogens (tertiary/aromatic N) is 3. The number of anilines is 1. The van der Waals surface area contributed by atoms with Crippen molar-refractivity contribution in [1.29, 1.82) is 0 Å². The van der Waals surface area contributed by atoms with Crippen molar-refractivity contribution in [3.63, 3.8) is 0 Å².